The number of methoxy groups -OCH3 is 2. The van der Waals surface area contributed by atoms with Crippen LogP contribution in [0.5, 0.6) is 11.5 Å². The van der Waals surface area contributed by atoms with E-state index in [2.05, 4.69) is 20.2 Å². The molecule has 0 saturated carbocycles. The van der Waals surface area contributed by atoms with Crippen LogP contribution in [0.25, 0.3) is 16.9 Å². The summed E-state index contributed by atoms with van der Waals surface area (Å²) in [4.78, 5) is 19.7. The van der Waals surface area contributed by atoms with Crippen molar-refractivity contribution in [3.05, 3.63) is 34.9 Å². The number of aromatic nitrogens is 5. The van der Waals surface area contributed by atoms with E-state index in [-0.39, 0.29) is 11.1 Å². The Morgan fingerprint density at radius 3 is 2.57 bits per heavy atom. The lowest BCUT2D eigenvalue weighted by molar-refractivity contribution is 0.220. The first kappa shape index (κ1) is 18.4. The van der Waals surface area contributed by atoms with Gasteiger partial charge in [0, 0.05) is 19.2 Å². The Morgan fingerprint density at radius 1 is 1.04 bits per heavy atom. The van der Waals surface area contributed by atoms with Crippen LogP contribution in [-0.4, -0.2) is 63.3 Å². The Morgan fingerprint density at radius 2 is 1.82 bits per heavy atom. The first-order valence-corrected chi connectivity index (χ1v) is 9.47. The number of fused-ring (bicyclic) bond motifs is 1. The van der Waals surface area contributed by atoms with Gasteiger partial charge in [-0.25, -0.2) is 4.98 Å². The lowest BCUT2D eigenvalue weighted by Gasteiger charge is -2.26. The van der Waals surface area contributed by atoms with Crippen LogP contribution in [0.1, 0.15) is 19.3 Å². The molecule has 0 bridgehead atoms. The maximum atomic E-state index is 12.8. The molecular weight excluding hydrogens is 360 g/mol. The van der Waals surface area contributed by atoms with Gasteiger partial charge in [-0.05, 0) is 38.1 Å². The van der Waals surface area contributed by atoms with Crippen molar-refractivity contribution in [1.29, 1.82) is 0 Å². The summed E-state index contributed by atoms with van der Waals surface area (Å²) in [5.74, 6) is 1.18. The second-order valence-electron chi connectivity index (χ2n) is 6.86. The topological polar surface area (TPSA) is 87.3 Å². The Balaban J connectivity index is 1.62. The average Bonchev–Trinajstić information content (AvgIpc) is 3.18. The molecule has 4 rings (SSSR count). The minimum Gasteiger partial charge on any atom is -0.493 e. The molecular formula is C19H24N6O3. The second-order valence-corrected chi connectivity index (χ2v) is 6.86. The lowest BCUT2D eigenvalue weighted by Crippen LogP contribution is -2.34. The summed E-state index contributed by atoms with van der Waals surface area (Å²) in [5, 5.41) is 8.21. The first-order chi connectivity index (χ1) is 13.7. The molecule has 28 heavy (non-hydrogen) atoms. The number of benzene rings is 1. The van der Waals surface area contributed by atoms with Gasteiger partial charge < -0.3 is 14.4 Å². The van der Waals surface area contributed by atoms with Crippen LogP contribution in [0.2, 0.25) is 0 Å². The van der Waals surface area contributed by atoms with E-state index in [0.29, 0.717) is 29.4 Å². The number of ether oxygens (including phenoxy) is 2. The fourth-order valence-electron chi connectivity index (χ4n) is 3.57. The zero-order valence-corrected chi connectivity index (χ0v) is 16.2. The van der Waals surface area contributed by atoms with Crippen LogP contribution in [0.3, 0.4) is 0 Å². The highest BCUT2D eigenvalue weighted by atomic mass is 16.5. The molecule has 0 radical (unpaired) electrons. The summed E-state index contributed by atoms with van der Waals surface area (Å²) >= 11 is 0. The van der Waals surface area contributed by atoms with Crippen LogP contribution in [-0.2, 0) is 6.54 Å². The molecule has 0 atom stereocenters. The highest BCUT2D eigenvalue weighted by Gasteiger charge is 2.16. The number of nitrogens with zero attached hydrogens (tertiary/aromatic N) is 6. The summed E-state index contributed by atoms with van der Waals surface area (Å²) in [6, 6.07) is 5.37. The monoisotopic (exact) mass is 384 g/mol. The number of hydrogen-bond donors (Lipinski definition) is 0. The Hall–Kier alpha value is -2.94. The first-order valence-electron chi connectivity index (χ1n) is 9.47. The third-order valence-electron chi connectivity index (χ3n) is 5.15. The molecule has 0 spiro atoms. The van der Waals surface area contributed by atoms with Gasteiger partial charge in [0.15, 0.2) is 22.7 Å². The summed E-state index contributed by atoms with van der Waals surface area (Å²) in [6.07, 6.45) is 5.33. The predicted molar refractivity (Wildman–Crippen MR) is 104 cm³/mol. The van der Waals surface area contributed by atoms with Crippen molar-refractivity contribution in [1.82, 2.24) is 29.4 Å². The summed E-state index contributed by atoms with van der Waals surface area (Å²) in [5.41, 5.74) is 1.20. The molecule has 1 aromatic carbocycles. The highest BCUT2D eigenvalue weighted by Crippen LogP contribution is 2.29. The molecule has 1 aliphatic rings. The Kier molecular flexibility index (Phi) is 5.25. The van der Waals surface area contributed by atoms with Crippen molar-refractivity contribution >= 4 is 11.2 Å². The molecule has 1 aliphatic heterocycles. The molecule has 1 fully saturated rings. The van der Waals surface area contributed by atoms with E-state index < -0.39 is 0 Å². The van der Waals surface area contributed by atoms with E-state index >= 15 is 0 Å². The van der Waals surface area contributed by atoms with E-state index in [4.69, 9.17) is 9.47 Å². The average molecular weight is 384 g/mol. The van der Waals surface area contributed by atoms with E-state index in [1.807, 2.05) is 6.07 Å². The zero-order valence-electron chi connectivity index (χ0n) is 16.2. The molecule has 2 aromatic heterocycles. The summed E-state index contributed by atoms with van der Waals surface area (Å²) in [7, 11) is 3.15. The Bertz CT molecular complexity index is 1020. The van der Waals surface area contributed by atoms with Crippen molar-refractivity contribution in [2.45, 2.75) is 25.8 Å². The van der Waals surface area contributed by atoms with Gasteiger partial charge in [0.25, 0.3) is 5.56 Å². The fraction of sp³-hybridized carbons (Fsp3) is 0.474. The van der Waals surface area contributed by atoms with Crippen molar-refractivity contribution < 1.29 is 9.47 Å². The number of hydrogen-bond acceptors (Lipinski definition) is 7. The van der Waals surface area contributed by atoms with Crippen LogP contribution in [0.15, 0.2) is 29.3 Å². The maximum absolute atomic E-state index is 12.8. The molecule has 0 N–H and O–H groups in total. The van der Waals surface area contributed by atoms with E-state index in [1.165, 1.54) is 23.9 Å². The highest BCUT2D eigenvalue weighted by molar-refractivity contribution is 5.70. The summed E-state index contributed by atoms with van der Waals surface area (Å²) in [6.45, 7) is 3.64. The predicted octanol–water partition coefficient (Wildman–Crippen LogP) is 1.48. The molecule has 148 valence electrons. The third-order valence-corrected chi connectivity index (χ3v) is 5.15. The fourth-order valence-corrected chi connectivity index (χ4v) is 3.57. The standard InChI is InChI=1S/C19H24N6O3/c1-27-15-7-6-14(12-16(15)28-2)25-18-17(21-22-25)19(26)24(13-20-18)11-10-23-8-4-3-5-9-23/h6-7,12-13H,3-5,8-11H2,1-2H3. The molecule has 0 aliphatic carbocycles. The maximum Gasteiger partial charge on any atom is 0.283 e. The van der Waals surface area contributed by atoms with Crippen LogP contribution < -0.4 is 15.0 Å². The van der Waals surface area contributed by atoms with Gasteiger partial charge in [-0.2, -0.15) is 4.68 Å². The van der Waals surface area contributed by atoms with E-state index in [9.17, 15) is 4.79 Å². The van der Waals surface area contributed by atoms with Gasteiger partial charge in [-0.3, -0.25) is 9.36 Å². The van der Waals surface area contributed by atoms with Crippen molar-refractivity contribution in [2.75, 3.05) is 33.9 Å². The molecule has 0 unspecified atom stereocenters. The quantitative estimate of drug-likeness (QED) is 0.636. The Labute approximate surface area is 162 Å². The molecule has 3 aromatic rings. The SMILES string of the molecule is COc1ccc(-n2nnc3c(=O)n(CCN4CCCCC4)cnc32)cc1OC. The van der Waals surface area contributed by atoms with Crippen molar-refractivity contribution in [3.63, 3.8) is 0 Å². The van der Waals surface area contributed by atoms with Crippen molar-refractivity contribution in [3.8, 4) is 17.2 Å². The van der Waals surface area contributed by atoms with Gasteiger partial charge in [0.2, 0.25) is 0 Å². The molecule has 9 nitrogen and oxygen atoms in total. The molecule has 0 amide bonds. The second kappa shape index (κ2) is 7.97. The number of piperidine rings is 1. The van der Waals surface area contributed by atoms with Gasteiger partial charge in [0.1, 0.15) is 6.33 Å². The molecule has 1 saturated heterocycles. The van der Waals surface area contributed by atoms with Crippen molar-refractivity contribution in [2.24, 2.45) is 0 Å². The molecule has 9 heteroatoms. The van der Waals surface area contributed by atoms with Gasteiger partial charge in [-0.15, -0.1) is 5.10 Å². The van der Waals surface area contributed by atoms with E-state index in [0.717, 1.165) is 19.6 Å². The largest absolute Gasteiger partial charge is 0.493 e. The summed E-state index contributed by atoms with van der Waals surface area (Å²) < 4.78 is 13.8. The van der Waals surface area contributed by atoms with Gasteiger partial charge in [-0.1, -0.05) is 11.6 Å². The minimum atomic E-state index is -0.172. The molecule has 3 heterocycles. The van der Waals surface area contributed by atoms with Crippen LogP contribution in [0, 0.1) is 0 Å². The normalized spacial score (nSPS) is 15.1. The number of rotatable bonds is 6. The van der Waals surface area contributed by atoms with E-state index in [1.54, 1.807) is 37.2 Å². The minimum absolute atomic E-state index is 0.172. The number of likely N-dealkylation sites (tertiary alicyclic amines) is 1. The van der Waals surface area contributed by atoms with Gasteiger partial charge >= 0.3 is 0 Å². The third kappa shape index (κ3) is 3.45. The van der Waals surface area contributed by atoms with Gasteiger partial charge in [0.05, 0.1) is 19.9 Å². The smallest absolute Gasteiger partial charge is 0.283 e. The van der Waals surface area contributed by atoms with Crippen LogP contribution >= 0.6 is 0 Å². The lowest BCUT2D eigenvalue weighted by atomic mass is 10.1. The van der Waals surface area contributed by atoms with Crippen LogP contribution in [0.4, 0.5) is 0 Å². The zero-order chi connectivity index (χ0) is 19.5.